The molecule has 0 saturated carbocycles. The molecule has 194 valence electrons. The van der Waals surface area contributed by atoms with Gasteiger partial charge in [0.05, 0.1) is 5.56 Å². The van der Waals surface area contributed by atoms with Crippen molar-refractivity contribution in [2.75, 3.05) is 13.6 Å². The molecule has 0 heterocycles. The number of hydrogen-bond donors (Lipinski definition) is 5. The number of benzene rings is 1. The van der Waals surface area contributed by atoms with Crippen LogP contribution in [0.25, 0.3) is 0 Å². The van der Waals surface area contributed by atoms with Crippen molar-refractivity contribution in [3.05, 3.63) is 51.2 Å². The maximum absolute atomic E-state index is 15.6. The van der Waals surface area contributed by atoms with Gasteiger partial charge >= 0.3 is 0 Å². The van der Waals surface area contributed by atoms with Gasteiger partial charge in [-0.3, -0.25) is 14.4 Å². The molecule has 1 unspecified atom stereocenters. The number of phenols is 1. The number of nitrogens with zero attached hydrogens (tertiary/aromatic N) is 1. The summed E-state index contributed by atoms with van der Waals surface area (Å²) in [5.41, 5.74) is 1.33. The number of hydrogen-bond acceptors (Lipinski definition) is 8. The molecule has 1 amide bonds. The first-order valence-corrected chi connectivity index (χ1v) is 12.0. The lowest BCUT2D eigenvalue weighted by Crippen LogP contribution is -2.57. The average Bonchev–Trinajstić information content (AvgIpc) is 2.77. The Hall–Kier alpha value is -3.24. The number of amides is 1. The first kappa shape index (κ1) is 25.8. The maximum Gasteiger partial charge on any atom is 0.255 e. The number of aromatic hydroxyl groups is 1. The van der Waals surface area contributed by atoms with Crippen molar-refractivity contribution >= 4 is 17.5 Å². The van der Waals surface area contributed by atoms with E-state index < -0.39 is 63.6 Å². The molecule has 1 aromatic carbocycles. The number of aliphatic hydroxyl groups is 3. The van der Waals surface area contributed by atoms with Crippen LogP contribution in [0.4, 0.5) is 4.39 Å². The monoisotopic (exact) mass is 502 g/mol. The van der Waals surface area contributed by atoms with Crippen LogP contribution in [0.15, 0.2) is 28.7 Å². The molecular formula is C26H31FN2O7. The van der Waals surface area contributed by atoms with E-state index in [1.54, 1.807) is 0 Å². The van der Waals surface area contributed by atoms with E-state index in [4.69, 9.17) is 5.73 Å². The second-order valence-corrected chi connectivity index (χ2v) is 10.6. The van der Waals surface area contributed by atoms with Crippen molar-refractivity contribution in [3.63, 3.8) is 0 Å². The van der Waals surface area contributed by atoms with Gasteiger partial charge in [-0.25, -0.2) is 4.39 Å². The Balaban J connectivity index is 1.76. The zero-order chi connectivity index (χ0) is 26.7. The van der Waals surface area contributed by atoms with Crippen LogP contribution >= 0.6 is 0 Å². The fraction of sp³-hybridized carbons (Fsp3) is 0.500. The Morgan fingerprint density at radius 1 is 1.25 bits per heavy atom. The first-order valence-electron chi connectivity index (χ1n) is 12.0. The number of nitrogens with two attached hydrogens (primary N) is 1. The molecule has 3 aliphatic carbocycles. The van der Waals surface area contributed by atoms with Gasteiger partial charge in [0.1, 0.15) is 28.7 Å². The van der Waals surface area contributed by atoms with Crippen molar-refractivity contribution in [2.45, 2.75) is 51.7 Å². The summed E-state index contributed by atoms with van der Waals surface area (Å²) in [5, 5.41) is 43.1. The van der Waals surface area contributed by atoms with E-state index in [0.717, 1.165) is 13.0 Å². The van der Waals surface area contributed by atoms with Crippen LogP contribution < -0.4 is 5.73 Å². The van der Waals surface area contributed by atoms with Crippen LogP contribution in [-0.2, 0) is 22.6 Å². The third kappa shape index (κ3) is 3.88. The second-order valence-electron chi connectivity index (χ2n) is 10.6. The third-order valence-electron chi connectivity index (χ3n) is 7.60. The van der Waals surface area contributed by atoms with Crippen LogP contribution in [0.2, 0.25) is 0 Å². The number of primary amides is 1. The van der Waals surface area contributed by atoms with Crippen LogP contribution in [0.3, 0.4) is 0 Å². The minimum Gasteiger partial charge on any atom is -0.511 e. The standard InChI is InChI=1S/C26H31FN2O7/c1-11(2)4-5-29(3)10-13-8-16(30)19-15(21(13)27)7-12-6-14-9-17(31)20(25(28)35)24(34)26(14,36)23(33)18(12)22(19)32/h8,11-12,14,30-31,33,36H,4-7,9-10H2,1-3H3,(H2,28,35)/t12?,14-,26-/m0/s1. The molecule has 0 radical (unpaired) electrons. The zero-order valence-electron chi connectivity index (χ0n) is 20.5. The fourth-order valence-corrected chi connectivity index (χ4v) is 5.69. The molecule has 1 aromatic rings. The number of fused-ring (bicyclic) bond motifs is 3. The molecule has 9 nitrogen and oxygen atoms in total. The van der Waals surface area contributed by atoms with Crippen LogP contribution in [-0.4, -0.2) is 62.0 Å². The Morgan fingerprint density at radius 2 is 1.92 bits per heavy atom. The van der Waals surface area contributed by atoms with Gasteiger partial charge in [0, 0.05) is 35.6 Å². The van der Waals surface area contributed by atoms with Gasteiger partial charge in [-0.15, -0.1) is 0 Å². The second kappa shape index (κ2) is 9.01. The van der Waals surface area contributed by atoms with E-state index in [-0.39, 0.29) is 48.1 Å². The zero-order valence-corrected chi connectivity index (χ0v) is 20.5. The number of phenolic OH excluding ortho intramolecular Hbond substituents is 1. The average molecular weight is 503 g/mol. The van der Waals surface area contributed by atoms with Crippen molar-refractivity contribution < 1.29 is 39.2 Å². The minimum atomic E-state index is -2.64. The van der Waals surface area contributed by atoms with E-state index in [2.05, 4.69) is 13.8 Å². The number of halogens is 1. The fourth-order valence-electron chi connectivity index (χ4n) is 5.69. The van der Waals surface area contributed by atoms with Gasteiger partial charge < -0.3 is 31.1 Å². The number of Topliss-reactive ketones (excluding diaryl/α,β-unsaturated/α-hetero) is 2. The number of aliphatic hydroxyl groups excluding tert-OH is 2. The molecule has 0 spiro atoms. The summed E-state index contributed by atoms with van der Waals surface area (Å²) in [4.78, 5) is 40.0. The maximum atomic E-state index is 15.6. The van der Waals surface area contributed by atoms with Gasteiger partial charge in [0.15, 0.2) is 11.4 Å². The molecule has 4 rings (SSSR count). The predicted octanol–water partition coefficient (Wildman–Crippen LogP) is 2.20. The third-order valence-corrected chi connectivity index (χ3v) is 7.60. The highest BCUT2D eigenvalue weighted by atomic mass is 19.1. The summed E-state index contributed by atoms with van der Waals surface area (Å²) in [6, 6.07) is 1.19. The highest BCUT2D eigenvalue weighted by Crippen LogP contribution is 2.51. The lowest BCUT2D eigenvalue weighted by molar-refractivity contribution is -0.144. The normalized spacial score (nSPS) is 25.9. The molecule has 6 N–H and O–H groups in total. The van der Waals surface area contributed by atoms with E-state index in [0.29, 0.717) is 5.92 Å². The highest BCUT2D eigenvalue weighted by molar-refractivity contribution is 6.24. The Kier molecular flexibility index (Phi) is 6.47. The summed E-state index contributed by atoms with van der Waals surface area (Å²) in [6.45, 7) is 5.11. The van der Waals surface area contributed by atoms with Gasteiger partial charge in [-0.1, -0.05) is 13.8 Å². The summed E-state index contributed by atoms with van der Waals surface area (Å²) in [6.07, 6.45) is 0.480. The summed E-state index contributed by atoms with van der Waals surface area (Å²) >= 11 is 0. The quantitative estimate of drug-likeness (QED) is 0.370. The Labute approximate surface area is 207 Å². The molecule has 0 bridgehead atoms. The lowest BCUT2D eigenvalue weighted by atomic mass is 9.60. The molecule has 36 heavy (non-hydrogen) atoms. The smallest absolute Gasteiger partial charge is 0.255 e. The summed E-state index contributed by atoms with van der Waals surface area (Å²) in [7, 11) is 1.84. The van der Waals surface area contributed by atoms with Crippen LogP contribution in [0, 0.1) is 23.6 Å². The van der Waals surface area contributed by atoms with E-state index in [1.165, 1.54) is 6.07 Å². The molecule has 0 saturated heterocycles. The first-order chi connectivity index (χ1) is 16.8. The highest BCUT2D eigenvalue weighted by Gasteiger charge is 2.59. The van der Waals surface area contributed by atoms with Crippen molar-refractivity contribution in [3.8, 4) is 5.75 Å². The van der Waals surface area contributed by atoms with Crippen molar-refractivity contribution in [1.82, 2.24) is 4.90 Å². The van der Waals surface area contributed by atoms with Gasteiger partial charge in [0.25, 0.3) is 5.91 Å². The predicted molar refractivity (Wildman–Crippen MR) is 127 cm³/mol. The van der Waals surface area contributed by atoms with Gasteiger partial charge in [-0.2, -0.15) is 0 Å². The topological polar surface area (TPSA) is 161 Å². The van der Waals surface area contributed by atoms with Crippen LogP contribution in [0.1, 0.15) is 54.6 Å². The molecule has 0 aliphatic heterocycles. The van der Waals surface area contributed by atoms with Crippen LogP contribution in [0.5, 0.6) is 5.75 Å². The lowest BCUT2D eigenvalue weighted by Gasteiger charge is -2.45. The Bertz CT molecular complexity index is 1240. The SMILES string of the molecule is CC(C)CCN(C)Cc1cc(O)c2c(c1F)CC1C[C@H]3CC(O)=C(C(N)=O)C(=O)[C@@]3(O)C(O)=C1C2=O. The number of rotatable bonds is 6. The van der Waals surface area contributed by atoms with Crippen molar-refractivity contribution in [1.29, 1.82) is 0 Å². The molecular weight excluding hydrogens is 471 g/mol. The molecule has 0 aromatic heterocycles. The number of carbonyl (C=O) groups excluding carboxylic acids is 3. The molecule has 3 aliphatic rings. The molecule has 3 atom stereocenters. The largest absolute Gasteiger partial charge is 0.511 e. The van der Waals surface area contributed by atoms with Crippen molar-refractivity contribution in [2.24, 2.45) is 23.5 Å². The molecule has 0 fully saturated rings. The van der Waals surface area contributed by atoms with Gasteiger partial charge in [-0.05, 0) is 50.8 Å². The van der Waals surface area contributed by atoms with E-state index in [1.807, 2.05) is 11.9 Å². The summed E-state index contributed by atoms with van der Waals surface area (Å²) < 4.78 is 15.6. The Morgan fingerprint density at radius 3 is 2.53 bits per heavy atom. The van der Waals surface area contributed by atoms with Gasteiger partial charge in [0.2, 0.25) is 5.78 Å². The van der Waals surface area contributed by atoms with E-state index in [9.17, 15) is 34.8 Å². The number of carbonyl (C=O) groups is 3. The molecule has 10 heteroatoms. The summed E-state index contributed by atoms with van der Waals surface area (Å²) in [5.74, 6) is -7.44. The number of ketones is 2. The van der Waals surface area contributed by atoms with E-state index >= 15 is 4.39 Å². The minimum absolute atomic E-state index is 0.0129. The number of allylic oxidation sites excluding steroid dienone is 2.